The predicted molar refractivity (Wildman–Crippen MR) is 116 cm³/mol. The Bertz CT molecular complexity index is 1010. The molecule has 1 unspecified atom stereocenters. The largest absolute Gasteiger partial charge is 0.506 e. The number of nitrogens with two attached hydrogens (primary N) is 1. The molecule has 8 nitrogen and oxygen atoms in total. The summed E-state index contributed by atoms with van der Waals surface area (Å²) in [6.07, 6.45) is 7.31. The summed E-state index contributed by atoms with van der Waals surface area (Å²) in [5.41, 5.74) is 6.69. The van der Waals surface area contributed by atoms with E-state index >= 15 is 0 Å². The highest BCUT2D eigenvalue weighted by molar-refractivity contribution is 7.16. The smallest absolute Gasteiger partial charge is 0.262 e. The summed E-state index contributed by atoms with van der Waals surface area (Å²) in [5.74, 6) is 0.326. The number of aromatic nitrogens is 2. The molecule has 1 aliphatic rings. The number of rotatable bonds is 5. The number of carbonyl (C=O) groups is 1. The average Bonchev–Trinajstić information content (AvgIpc) is 3.36. The van der Waals surface area contributed by atoms with Gasteiger partial charge in [0.15, 0.2) is 11.5 Å². The van der Waals surface area contributed by atoms with E-state index in [0.29, 0.717) is 28.1 Å². The predicted octanol–water partition coefficient (Wildman–Crippen LogP) is 3.87. The van der Waals surface area contributed by atoms with E-state index in [1.54, 1.807) is 37.2 Å². The highest BCUT2D eigenvalue weighted by atomic mass is 32.1. The van der Waals surface area contributed by atoms with Gasteiger partial charge in [-0.05, 0) is 25.7 Å². The van der Waals surface area contributed by atoms with E-state index in [1.807, 2.05) is 0 Å². The van der Waals surface area contributed by atoms with Crippen molar-refractivity contribution in [1.82, 2.24) is 9.55 Å². The Morgan fingerprint density at radius 3 is 2.57 bits per heavy atom. The molecule has 0 saturated carbocycles. The molecule has 3 N–H and O–H groups in total. The number of primary amides is 1. The van der Waals surface area contributed by atoms with Gasteiger partial charge in [-0.3, -0.25) is 9.36 Å². The third-order valence-electron chi connectivity index (χ3n) is 4.94. The molecule has 0 bridgehead atoms. The van der Waals surface area contributed by atoms with Crippen LogP contribution >= 0.6 is 11.3 Å². The van der Waals surface area contributed by atoms with Gasteiger partial charge in [0, 0.05) is 24.8 Å². The second-order valence-corrected chi connectivity index (χ2v) is 7.90. The number of methoxy groups -OCH3 is 2. The summed E-state index contributed by atoms with van der Waals surface area (Å²) in [7, 11) is 3.10. The third kappa shape index (κ3) is 4.68. The highest BCUT2D eigenvalue weighted by Crippen LogP contribution is 2.36. The molecule has 0 aliphatic carbocycles. The van der Waals surface area contributed by atoms with Crippen molar-refractivity contribution in [2.24, 2.45) is 5.73 Å². The Labute approximate surface area is 179 Å². The minimum Gasteiger partial charge on any atom is -0.506 e. The number of hydrogen-bond acceptors (Lipinski definition) is 7. The monoisotopic (exact) mass is 433 g/mol. The van der Waals surface area contributed by atoms with Gasteiger partial charge in [-0.25, -0.2) is 4.98 Å². The topological polar surface area (TPSA) is 109 Å². The minimum absolute atomic E-state index is 0.109. The first-order valence-electron chi connectivity index (χ1n) is 9.82. The van der Waals surface area contributed by atoms with Crippen molar-refractivity contribution < 1.29 is 24.1 Å². The molecule has 1 aromatic carbocycles. The lowest BCUT2D eigenvalue weighted by atomic mass is 10.1. The molecule has 2 aromatic heterocycles. The van der Waals surface area contributed by atoms with Crippen molar-refractivity contribution in [1.29, 1.82) is 0 Å². The fourth-order valence-electron chi connectivity index (χ4n) is 3.31. The van der Waals surface area contributed by atoms with Crippen LogP contribution in [-0.4, -0.2) is 47.5 Å². The Morgan fingerprint density at radius 2 is 2.03 bits per heavy atom. The Hall–Kier alpha value is -2.78. The lowest BCUT2D eigenvalue weighted by molar-refractivity contribution is 0.0143. The van der Waals surface area contributed by atoms with Crippen LogP contribution in [0.3, 0.4) is 0 Å². The molecule has 4 rings (SSSR count). The van der Waals surface area contributed by atoms with Gasteiger partial charge in [-0.15, -0.1) is 11.3 Å². The van der Waals surface area contributed by atoms with Crippen LogP contribution in [0.25, 0.3) is 16.0 Å². The van der Waals surface area contributed by atoms with E-state index in [2.05, 4.69) is 11.9 Å². The van der Waals surface area contributed by atoms with Crippen LogP contribution < -0.4 is 15.2 Å². The molecule has 162 valence electrons. The summed E-state index contributed by atoms with van der Waals surface area (Å²) in [6, 6.07) is 5.01. The first-order valence-corrected chi connectivity index (χ1v) is 10.6. The van der Waals surface area contributed by atoms with Crippen molar-refractivity contribution in [2.45, 2.75) is 38.7 Å². The van der Waals surface area contributed by atoms with E-state index in [0.717, 1.165) is 23.5 Å². The van der Waals surface area contributed by atoms with Crippen LogP contribution in [-0.2, 0) is 4.74 Å². The van der Waals surface area contributed by atoms with E-state index in [4.69, 9.17) is 19.9 Å². The van der Waals surface area contributed by atoms with Crippen LogP contribution in [0.4, 0.5) is 0 Å². The molecule has 3 heterocycles. The zero-order valence-electron chi connectivity index (χ0n) is 17.4. The van der Waals surface area contributed by atoms with Gasteiger partial charge in [-0.1, -0.05) is 6.92 Å². The number of carbonyl (C=O) groups excluding carboxylic acids is 1. The van der Waals surface area contributed by atoms with Crippen molar-refractivity contribution in [3.8, 4) is 22.2 Å². The van der Waals surface area contributed by atoms with Crippen molar-refractivity contribution in [2.75, 3.05) is 20.8 Å². The standard InChI is InChI=1S/C14H13N3O4S.C7H14O/c1-20-10-3-7-8(4-11(10)21-2)17(6-16-7)12-5-9(18)13(22-12)14(15)19;1-2-7-5-3-4-6-8-7/h3-6,18H,1-2H3,(H2,15,19);7H,2-6H2,1H3. The van der Waals surface area contributed by atoms with Gasteiger partial charge < -0.3 is 25.1 Å². The number of hydrogen-bond donors (Lipinski definition) is 2. The number of thiophene rings is 1. The fourth-order valence-corrected chi connectivity index (χ4v) is 4.19. The first-order chi connectivity index (χ1) is 14.5. The number of fused-ring (bicyclic) bond motifs is 1. The van der Waals surface area contributed by atoms with Gasteiger partial charge in [0.25, 0.3) is 5.91 Å². The highest BCUT2D eigenvalue weighted by Gasteiger charge is 2.17. The van der Waals surface area contributed by atoms with E-state index in [-0.39, 0.29) is 10.6 Å². The molecule has 30 heavy (non-hydrogen) atoms. The van der Waals surface area contributed by atoms with E-state index < -0.39 is 5.91 Å². The summed E-state index contributed by atoms with van der Waals surface area (Å²) < 4.78 is 17.7. The molecule has 1 atom stereocenters. The van der Waals surface area contributed by atoms with Gasteiger partial charge in [0.2, 0.25) is 0 Å². The molecule has 3 aromatic rings. The maximum Gasteiger partial charge on any atom is 0.262 e. The second-order valence-electron chi connectivity index (χ2n) is 6.87. The molecule has 1 amide bonds. The number of benzene rings is 1. The second kappa shape index (κ2) is 9.82. The molecular formula is C21H27N3O5S. The quantitative estimate of drug-likeness (QED) is 0.632. The van der Waals surface area contributed by atoms with Gasteiger partial charge in [0.1, 0.15) is 22.0 Å². The van der Waals surface area contributed by atoms with Crippen LogP contribution in [0.5, 0.6) is 17.2 Å². The van der Waals surface area contributed by atoms with Crippen LogP contribution in [0.1, 0.15) is 42.3 Å². The first kappa shape index (κ1) is 21.9. The molecule has 1 aliphatic heterocycles. The Morgan fingerprint density at radius 1 is 1.30 bits per heavy atom. The van der Waals surface area contributed by atoms with Gasteiger partial charge in [-0.2, -0.15) is 0 Å². The van der Waals surface area contributed by atoms with E-state index in [9.17, 15) is 9.90 Å². The number of amides is 1. The van der Waals surface area contributed by atoms with Crippen molar-refractivity contribution >= 4 is 28.3 Å². The summed E-state index contributed by atoms with van der Waals surface area (Å²) in [5, 5.41) is 10.4. The number of imidazole rings is 1. The SMILES string of the molecule is CCC1CCCCO1.COc1cc2ncn(-c3cc(O)c(C(N)=O)s3)c2cc1OC. The average molecular weight is 434 g/mol. The molecule has 1 saturated heterocycles. The summed E-state index contributed by atoms with van der Waals surface area (Å²) in [4.78, 5) is 15.7. The molecule has 0 radical (unpaired) electrons. The zero-order chi connectivity index (χ0) is 21.7. The molecule has 1 fully saturated rings. The van der Waals surface area contributed by atoms with Crippen molar-refractivity contribution in [3.63, 3.8) is 0 Å². The van der Waals surface area contributed by atoms with Gasteiger partial charge in [0.05, 0.1) is 31.4 Å². The molecular weight excluding hydrogens is 406 g/mol. The maximum absolute atomic E-state index is 11.3. The lowest BCUT2D eigenvalue weighted by Gasteiger charge is -2.20. The van der Waals surface area contributed by atoms with Crippen LogP contribution in [0.15, 0.2) is 24.5 Å². The Balaban J connectivity index is 0.000000269. The van der Waals surface area contributed by atoms with E-state index in [1.165, 1.54) is 31.7 Å². The summed E-state index contributed by atoms with van der Waals surface area (Å²) >= 11 is 1.09. The summed E-state index contributed by atoms with van der Waals surface area (Å²) in [6.45, 7) is 3.19. The number of nitrogens with zero attached hydrogens (tertiary/aromatic N) is 2. The van der Waals surface area contributed by atoms with Crippen LogP contribution in [0.2, 0.25) is 0 Å². The van der Waals surface area contributed by atoms with Gasteiger partial charge >= 0.3 is 0 Å². The van der Waals surface area contributed by atoms with Crippen LogP contribution in [0, 0.1) is 0 Å². The molecule has 0 spiro atoms. The normalized spacial score (nSPS) is 16.0. The molecule has 9 heteroatoms. The number of aromatic hydroxyl groups is 1. The zero-order valence-corrected chi connectivity index (χ0v) is 18.2. The maximum atomic E-state index is 11.3. The third-order valence-corrected chi connectivity index (χ3v) is 6.08. The number of ether oxygens (including phenoxy) is 3. The lowest BCUT2D eigenvalue weighted by Crippen LogP contribution is -2.17. The minimum atomic E-state index is -0.669. The van der Waals surface area contributed by atoms with Crippen molar-refractivity contribution in [3.05, 3.63) is 29.4 Å². The fraction of sp³-hybridized carbons (Fsp3) is 0.429. The Kier molecular flexibility index (Phi) is 7.17.